The molecule has 1 aromatic heterocycles. The SMILES string of the molecule is CCCc1ccc(C(=O)Nc2ccc(Oc3ccccc3C(F)(F)F)cc2)c(C)n1. The lowest BCUT2D eigenvalue weighted by Gasteiger charge is -2.14. The van der Waals surface area contributed by atoms with Gasteiger partial charge in [0, 0.05) is 11.4 Å². The van der Waals surface area contributed by atoms with E-state index in [9.17, 15) is 18.0 Å². The largest absolute Gasteiger partial charge is 0.457 e. The number of halogens is 3. The molecule has 0 atom stereocenters. The molecule has 0 unspecified atom stereocenters. The van der Waals surface area contributed by atoms with Gasteiger partial charge in [0.25, 0.3) is 5.91 Å². The smallest absolute Gasteiger partial charge is 0.419 e. The molecule has 3 rings (SSSR count). The minimum atomic E-state index is -4.51. The highest BCUT2D eigenvalue weighted by Crippen LogP contribution is 2.38. The number of amides is 1. The topological polar surface area (TPSA) is 51.2 Å². The Bertz CT molecular complexity index is 1030. The molecule has 156 valence electrons. The van der Waals surface area contributed by atoms with Crippen LogP contribution in [0.25, 0.3) is 0 Å². The average molecular weight is 414 g/mol. The predicted molar refractivity (Wildman–Crippen MR) is 109 cm³/mol. The van der Waals surface area contributed by atoms with E-state index in [4.69, 9.17) is 4.74 Å². The summed E-state index contributed by atoms with van der Waals surface area (Å²) in [5.41, 5.74) is 1.69. The molecule has 30 heavy (non-hydrogen) atoms. The number of aryl methyl sites for hydroxylation is 2. The Kier molecular flexibility index (Phi) is 6.40. The zero-order valence-corrected chi connectivity index (χ0v) is 16.6. The van der Waals surface area contributed by atoms with Gasteiger partial charge in [-0.3, -0.25) is 9.78 Å². The molecule has 1 amide bonds. The number of benzene rings is 2. The Hall–Kier alpha value is -3.35. The first-order valence-electron chi connectivity index (χ1n) is 9.50. The highest BCUT2D eigenvalue weighted by Gasteiger charge is 2.34. The van der Waals surface area contributed by atoms with Crippen LogP contribution in [0.3, 0.4) is 0 Å². The molecule has 0 saturated heterocycles. The fourth-order valence-corrected chi connectivity index (χ4v) is 2.97. The van der Waals surface area contributed by atoms with E-state index in [-0.39, 0.29) is 17.4 Å². The molecule has 0 aliphatic heterocycles. The van der Waals surface area contributed by atoms with E-state index in [2.05, 4.69) is 17.2 Å². The van der Waals surface area contributed by atoms with Gasteiger partial charge in [0.2, 0.25) is 0 Å². The number of hydrogen-bond donors (Lipinski definition) is 1. The van der Waals surface area contributed by atoms with Crippen molar-refractivity contribution in [2.45, 2.75) is 32.9 Å². The van der Waals surface area contributed by atoms with E-state index in [0.717, 1.165) is 24.6 Å². The predicted octanol–water partition coefficient (Wildman–Crippen LogP) is 6.41. The van der Waals surface area contributed by atoms with E-state index in [1.165, 1.54) is 30.3 Å². The molecule has 3 aromatic rings. The maximum atomic E-state index is 13.1. The number of carbonyl (C=O) groups is 1. The lowest BCUT2D eigenvalue weighted by Crippen LogP contribution is -2.14. The van der Waals surface area contributed by atoms with E-state index in [1.54, 1.807) is 25.1 Å². The molecule has 0 saturated carbocycles. The van der Waals surface area contributed by atoms with Crippen molar-refractivity contribution in [1.29, 1.82) is 0 Å². The van der Waals surface area contributed by atoms with Crippen molar-refractivity contribution in [3.8, 4) is 11.5 Å². The van der Waals surface area contributed by atoms with E-state index >= 15 is 0 Å². The minimum Gasteiger partial charge on any atom is -0.457 e. The van der Waals surface area contributed by atoms with Crippen molar-refractivity contribution in [3.05, 3.63) is 83.2 Å². The van der Waals surface area contributed by atoms with Crippen LogP contribution in [0.4, 0.5) is 18.9 Å². The van der Waals surface area contributed by atoms with Crippen molar-refractivity contribution < 1.29 is 22.7 Å². The molecule has 1 N–H and O–H groups in total. The Labute approximate surface area is 172 Å². The van der Waals surface area contributed by atoms with Crippen molar-refractivity contribution >= 4 is 11.6 Å². The second-order valence-electron chi connectivity index (χ2n) is 6.76. The third kappa shape index (κ3) is 5.17. The normalized spacial score (nSPS) is 11.2. The monoisotopic (exact) mass is 414 g/mol. The maximum absolute atomic E-state index is 13.1. The third-order valence-electron chi connectivity index (χ3n) is 4.43. The first-order valence-corrected chi connectivity index (χ1v) is 9.50. The van der Waals surface area contributed by atoms with Gasteiger partial charge in [-0.05, 0) is 61.9 Å². The van der Waals surface area contributed by atoms with Crippen molar-refractivity contribution in [3.63, 3.8) is 0 Å². The maximum Gasteiger partial charge on any atom is 0.419 e. The molecule has 0 aliphatic rings. The number of nitrogens with one attached hydrogen (secondary N) is 1. The van der Waals surface area contributed by atoms with Crippen LogP contribution in [0, 0.1) is 6.92 Å². The molecule has 7 heteroatoms. The first-order chi connectivity index (χ1) is 14.3. The second kappa shape index (κ2) is 8.98. The zero-order valence-electron chi connectivity index (χ0n) is 16.6. The summed E-state index contributed by atoms with van der Waals surface area (Å²) in [5.74, 6) is -0.360. The molecule has 2 aromatic carbocycles. The van der Waals surface area contributed by atoms with Gasteiger partial charge in [-0.1, -0.05) is 25.5 Å². The van der Waals surface area contributed by atoms with Crippen LogP contribution >= 0.6 is 0 Å². The first kappa shape index (κ1) is 21.4. The van der Waals surface area contributed by atoms with E-state index < -0.39 is 11.7 Å². The number of anilines is 1. The lowest BCUT2D eigenvalue weighted by atomic mass is 10.1. The fraction of sp³-hybridized carbons (Fsp3) is 0.217. The quantitative estimate of drug-likeness (QED) is 0.507. The highest BCUT2D eigenvalue weighted by molar-refractivity contribution is 6.05. The standard InChI is InChI=1S/C23H21F3N2O2/c1-3-6-16-11-14-19(15(2)27-16)22(29)28-17-9-12-18(13-10-17)30-21-8-5-4-7-20(21)23(24,25)26/h4-5,7-14H,3,6H2,1-2H3,(H,28,29). The van der Waals surface area contributed by atoms with E-state index in [1.807, 2.05) is 6.07 Å². The molecular formula is C23H21F3N2O2. The number of hydrogen-bond acceptors (Lipinski definition) is 3. The highest BCUT2D eigenvalue weighted by atomic mass is 19.4. The average Bonchev–Trinajstić information content (AvgIpc) is 2.69. The van der Waals surface area contributed by atoms with Gasteiger partial charge in [0.1, 0.15) is 11.5 Å². The summed E-state index contributed by atoms with van der Waals surface area (Å²) >= 11 is 0. The van der Waals surface area contributed by atoms with Gasteiger partial charge in [0.05, 0.1) is 16.8 Å². The Morgan fingerprint density at radius 3 is 2.37 bits per heavy atom. The molecule has 1 heterocycles. The Morgan fingerprint density at radius 1 is 1.03 bits per heavy atom. The zero-order chi connectivity index (χ0) is 21.7. The number of ether oxygens (including phenoxy) is 1. The van der Waals surface area contributed by atoms with Crippen LogP contribution in [0.15, 0.2) is 60.7 Å². The number of pyridine rings is 1. The third-order valence-corrected chi connectivity index (χ3v) is 4.43. The number of para-hydroxylation sites is 1. The molecule has 0 fully saturated rings. The number of rotatable bonds is 6. The van der Waals surface area contributed by atoms with Crippen molar-refractivity contribution in [2.24, 2.45) is 0 Å². The summed E-state index contributed by atoms with van der Waals surface area (Å²) in [4.78, 5) is 17.0. The molecule has 0 spiro atoms. The number of alkyl halides is 3. The summed E-state index contributed by atoms with van der Waals surface area (Å²) < 4.78 is 44.7. The van der Waals surface area contributed by atoms with Gasteiger partial charge in [-0.2, -0.15) is 13.2 Å². The van der Waals surface area contributed by atoms with Gasteiger partial charge < -0.3 is 10.1 Å². The second-order valence-corrected chi connectivity index (χ2v) is 6.76. The number of carbonyl (C=O) groups excluding carboxylic acids is 1. The van der Waals surface area contributed by atoms with Crippen LogP contribution in [0.2, 0.25) is 0 Å². The molecule has 0 bridgehead atoms. The summed E-state index contributed by atoms with van der Waals surface area (Å²) in [5, 5.41) is 2.76. The molecule has 0 radical (unpaired) electrons. The van der Waals surface area contributed by atoms with Crippen LogP contribution in [0.1, 0.15) is 40.7 Å². The molecule has 0 aliphatic carbocycles. The Morgan fingerprint density at radius 2 is 1.73 bits per heavy atom. The van der Waals surface area contributed by atoms with Gasteiger partial charge in [0.15, 0.2) is 0 Å². The minimum absolute atomic E-state index is 0.228. The van der Waals surface area contributed by atoms with E-state index in [0.29, 0.717) is 16.9 Å². The van der Waals surface area contributed by atoms with Crippen LogP contribution in [0.5, 0.6) is 11.5 Å². The number of aromatic nitrogens is 1. The summed E-state index contributed by atoms with van der Waals surface area (Å²) in [6.45, 7) is 3.84. The van der Waals surface area contributed by atoms with Crippen LogP contribution in [-0.2, 0) is 12.6 Å². The van der Waals surface area contributed by atoms with Gasteiger partial charge in [-0.15, -0.1) is 0 Å². The Balaban J connectivity index is 1.70. The summed E-state index contributed by atoms with van der Waals surface area (Å²) in [7, 11) is 0. The van der Waals surface area contributed by atoms with Crippen molar-refractivity contribution in [1.82, 2.24) is 4.98 Å². The number of nitrogens with zero attached hydrogens (tertiary/aromatic N) is 1. The van der Waals surface area contributed by atoms with Gasteiger partial charge >= 0.3 is 6.18 Å². The van der Waals surface area contributed by atoms with Crippen LogP contribution < -0.4 is 10.1 Å². The summed E-state index contributed by atoms with van der Waals surface area (Å²) in [6, 6.07) is 14.7. The molecular weight excluding hydrogens is 393 g/mol. The van der Waals surface area contributed by atoms with Crippen molar-refractivity contribution in [2.75, 3.05) is 5.32 Å². The fourth-order valence-electron chi connectivity index (χ4n) is 2.97. The lowest BCUT2D eigenvalue weighted by molar-refractivity contribution is -0.138. The summed E-state index contributed by atoms with van der Waals surface area (Å²) in [6.07, 6.45) is -2.69. The molecule has 4 nitrogen and oxygen atoms in total. The van der Waals surface area contributed by atoms with Crippen LogP contribution in [-0.4, -0.2) is 10.9 Å². The van der Waals surface area contributed by atoms with Gasteiger partial charge in [-0.25, -0.2) is 0 Å².